The molecule has 0 saturated heterocycles. The van der Waals surface area contributed by atoms with Gasteiger partial charge in [-0.05, 0) is 19.3 Å². The number of rotatable bonds is 2. The van der Waals surface area contributed by atoms with Gasteiger partial charge in [-0.25, -0.2) is 0 Å². The van der Waals surface area contributed by atoms with Crippen LogP contribution in [0.1, 0.15) is 32.6 Å². The first-order valence-corrected chi connectivity index (χ1v) is 3.79. The van der Waals surface area contributed by atoms with E-state index in [1.807, 2.05) is 0 Å². The van der Waals surface area contributed by atoms with Gasteiger partial charge in [-0.1, -0.05) is 37.1 Å². The number of hydrogen-bond donors (Lipinski definition) is 0. The summed E-state index contributed by atoms with van der Waals surface area (Å²) in [4.78, 5) is 0. The highest BCUT2D eigenvalue weighted by molar-refractivity contribution is 5.23. The smallest absolute Gasteiger partial charge is 0.0247 e. The summed E-state index contributed by atoms with van der Waals surface area (Å²) in [6.45, 7) is 2.22. The fourth-order valence-electron chi connectivity index (χ4n) is 1.07. The van der Waals surface area contributed by atoms with E-state index in [-0.39, 0.29) is 0 Å². The van der Waals surface area contributed by atoms with Crippen LogP contribution in [0.15, 0.2) is 23.8 Å². The SMILES string of the molecule is CCCC=C1C=CCC1. The maximum absolute atomic E-state index is 2.35. The first kappa shape index (κ1) is 6.60. The van der Waals surface area contributed by atoms with Crippen LogP contribution in [0.2, 0.25) is 0 Å². The molecule has 0 unspecified atom stereocenters. The van der Waals surface area contributed by atoms with Crippen LogP contribution >= 0.6 is 0 Å². The highest BCUT2D eigenvalue weighted by Gasteiger charge is 1.96. The first-order chi connectivity index (χ1) is 4.43. The maximum Gasteiger partial charge on any atom is -0.0247 e. The van der Waals surface area contributed by atoms with Crippen molar-refractivity contribution in [1.29, 1.82) is 0 Å². The third-order valence-electron chi connectivity index (χ3n) is 1.63. The molecular formula is C9H14. The minimum Gasteiger partial charge on any atom is -0.0839 e. The van der Waals surface area contributed by atoms with Crippen molar-refractivity contribution in [1.82, 2.24) is 0 Å². The summed E-state index contributed by atoms with van der Waals surface area (Å²) >= 11 is 0. The van der Waals surface area contributed by atoms with Gasteiger partial charge in [-0.3, -0.25) is 0 Å². The van der Waals surface area contributed by atoms with E-state index in [1.165, 1.54) is 31.3 Å². The normalized spacial score (nSPS) is 21.7. The fourth-order valence-corrected chi connectivity index (χ4v) is 1.07. The van der Waals surface area contributed by atoms with Crippen molar-refractivity contribution in [2.75, 3.05) is 0 Å². The lowest BCUT2D eigenvalue weighted by Gasteiger charge is -1.90. The van der Waals surface area contributed by atoms with E-state index in [1.54, 1.807) is 0 Å². The molecule has 0 aromatic heterocycles. The van der Waals surface area contributed by atoms with E-state index in [2.05, 4.69) is 25.2 Å². The molecule has 0 heteroatoms. The molecule has 0 nitrogen and oxygen atoms in total. The molecule has 0 heterocycles. The molecule has 0 aromatic rings. The molecule has 0 aromatic carbocycles. The van der Waals surface area contributed by atoms with E-state index in [9.17, 15) is 0 Å². The van der Waals surface area contributed by atoms with Gasteiger partial charge in [0.1, 0.15) is 0 Å². The maximum atomic E-state index is 2.35. The summed E-state index contributed by atoms with van der Waals surface area (Å²) in [6, 6.07) is 0. The summed E-state index contributed by atoms with van der Waals surface area (Å²) < 4.78 is 0. The van der Waals surface area contributed by atoms with Crippen molar-refractivity contribution in [3.63, 3.8) is 0 Å². The molecule has 0 bridgehead atoms. The lowest BCUT2D eigenvalue weighted by Crippen LogP contribution is -1.70. The van der Waals surface area contributed by atoms with E-state index in [0.717, 1.165) is 0 Å². The molecule has 1 aliphatic rings. The van der Waals surface area contributed by atoms with E-state index in [0.29, 0.717) is 0 Å². The van der Waals surface area contributed by atoms with E-state index in [4.69, 9.17) is 0 Å². The largest absolute Gasteiger partial charge is 0.0839 e. The van der Waals surface area contributed by atoms with Gasteiger partial charge in [0.25, 0.3) is 0 Å². The summed E-state index contributed by atoms with van der Waals surface area (Å²) in [6.07, 6.45) is 11.9. The fraction of sp³-hybridized carbons (Fsp3) is 0.556. The summed E-state index contributed by atoms with van der Waals surface area (Å²) in [7, 11) is 0. The van der Waals surface area contributed by atoms with Crippen molar-refractivity contribution >= 4 is 0 Å². The van der Waals surface area contributed by atoms with E-state index < -0.39 is 0 Å². The Morgan fingerprint density at radius 2 is 2.56 bits per heavy atom. The van der Waals surface area contributed by atoms with Crippen LogP contribution < -0.4 is 0 Å². The zero-order valence-corrected chi connectivity index (χ0v) is 6.06. The highest BCUT2D eigenvalue weighted by atomic mass is 14.0. The zero-order valence-electron chi connectivity index (χ0n) is 6.06. The Labute approximate surface area is 57.3 Å². The Bertz CT molecular complexity index is 129. The molecule has 0 aliphatic heterocycles. The second kappa shape index (κ2) is 3.49. The standard InChI is InChI=1S/C9H14/c1-2-3-6-9-7-4-5-8-9/h4,6-7H,2-3,5,8H2,1H3. The third-order valence-corrected chi connectivity index (χ3v) is 1.63. The summed E-state index contributed by atoms with van der Waals surface area (Å²) in [5.74, 6) is 0. The Hall–Kier alpha value is -0.520. The molecule has 9 heavy (non-hydrogen) atoms. The lowest BCUT2D eigenvalue weighted by molar-refractivity contribution is 0.939. The average molecular weight is 122 g/mol. The molecule has 50 valence electrons. The monoisotopic (exact) mass is 122 g/mol. The van der Waals surface area contributed by atoms with Gasteiger partial charge in [0.2, 0.25) is 0 Å². The quantitative estimate of drug-likeness (QED) is 0.528. The van der Waals surface area contributed by atoms with E-state index >= 15 is 0 Å². The lowest BCUT2D eigenvalue weighted by atomic mass is 10.2. The minimum absolute atomic E-state index is 1.25. The van der Waals surface area contributed by atoms with Crippen molar-refractivity contribution in [2.24, 2.45) is 0 Å². The molecule has 0 fully saturated rings. The molecule has 0 spiro atoms. The summed E-state index contributed by atoms with van der Waals surface area (Å²) in [5, 5.41) is 0. The third kappa shape index (κ3) is 2.05. The minimum atomic E-state index is 1.25. The van der Waals surface area contributed by atoms with Crippen LogP contribution in [0.3, 0.4) is 0 Å². The van der Waals surface area contributed by atoms with Crippen molar-refractivity contribution in [3.8, 4) is 0 Å². The molecule has 0 atom stereocenters. The second-order valence-corrected chi connectivity index (χ2v) is 2.51. The van der Waals surface area contributed by atoms with Crippen LogP contribution in [0.4, 0.5) is 0 Å². The topological polar surface area (TPSA) is 0 Å². The molecule has 0 N–H and O–H groups in total. The van der Waals surface area contributed by atoms with Crippen molar-refractivity contribution in [2.45, 2.75) is 32.6 Å². The van der Waals surface area contributed by atoms with Gasteiger partial charge in [-0.15, -0.1) is 0 Å². The van der Waals surface area contributed by atoms with Crippen LogP contribution in [0.5, 0.6) is 0 Å². The van der Waals surface area contributed by atoms with Gasteiger partial charge in [-0.2, -0.15) is 0 Å². The Morgan fingerprint density at radius 3 is 3.11 bits per heavy atom. The average Bonchev–Trinajstić information content (AvgIpc) is 2.34. The molecule has 0 saturated carbocycles. The van der Waals surface area contributed by atoms with Gasteiger partial charge >= 0.3 is 0 Å². The molecular weight excluding hydrogens is 108 g/mol. The van der Waals surface area contributed by atoms with Gasteiger partial charge in [0, 0.05) is 0 Å². The number of allylic oxidation sites excluding steroid dienone is 4. The van der Waals surface area contributed by atoms with Crippen LogP contribution in [0, 0.1) is 0 Å². The molecule has 0 amide bonds. The molecule has 1 aliphatic carbocycles. The Kier molecular flexibility index (Phi) is 2.56. The molecule has 0 radical (unpaired) electrons. The zero-order chi connectivity index (χ0) is 6.53. The Morgan fingerprint density at radius 1 is 1.67 bits per heavy atom. The van der Waals surface area contributed by atoms with Crippen molar-refractivity contribution in [3.05, 3.63) is 23.8 Å². The predicted molar refractivity (Wildman–Crippen MR) is 41.4 cm³/mol. The van der Waals surface area contributed by atoms with Crippen LogP contribution in [-0.2, 0) is 0 Å². The van der Waals surface area contributed by atoms with Gasteiger partial charge in [0.05, 0.1) is 0 Å². The predicted octanol–water partition coefficient (Wildman–Crippen LogP) is 3.06. The first-order valence-electron chi connectivity index (χ1n) is 3.79. The van der Waals surface area contributed by atoms with Crippen LogP contribution in [-0.4, -0.2) is 0 Å². The number of unbranched alkanes of at least 4 members (excludes halogenated alkanes) is 1. The number of hydrogen-bond acceptors (Lipinski definition) is 0. The van der Waals surface area contributed by atoms with Gasteiger partial charge in [0.15, 0.2) is 0 Å². The second-order valence-electron chi connectivity index (χ2n) is 2.51. The van der Waals surface area contributed by atoms with Crippen molar-refractivity contribution < 1.29 is 0 Å². The summed E-state index contributed by atoms with van der Waals surface area (Å²) in [5.41, 5.74) is 1.54. The highest BCUT2D eigenvalue weighted by Crippen LogP contribution is 2.16. The molecule has 1 rings (SSSR count). The van der Waals surface area contributed by atoms with Gasteiger partial charge < -0.3 is 0 Å². The Balaban J connectivity index is 2.32. The van der Waals surface area contributed by atoms with Crippen LogP contribution in [0.25, 0.3) is 0 Å².